The van der Waals surface area contributed by atoms with Gasteiger partial charge in [0.15, 0.2) is 6.61 Å². The number of Topliss-reactive ketones (excluding diaryl/α,β-unsaturated/α-hetero) is 1. The highest BCUT2D eigenvalue weighted by Crippen LogP contribution is 2.24. The van der Waals surface area contributed by atoms with E-state index in [1.807, 2.05) is 24.3 Å². The van der Waals surface area contributed by atoms with Crippen LogP contribution in [0.15, 0.2) is 48.5 Å². The van der Waals surface area contributed by atoms with Crippen LogP contribution in [0.4, 0.5) is 4.39 Å². The molecule has 166 valence electrons. The number of likely N-dealkylation sites (tertiary alicyclic amines) is 1. The predicted octanol–water partition coefficient (Wildman–Crippen LogP) is 2.55. The molecule has 1 aliphatic rings. The number of rotatable bonds is 6. The van der Waals surface area contributed by atoms with Crippen LogP contribution in [-0.4, -0.2) is 57.9 Å². The van der Waals surface area contributed by atoms with Gasteiger partial charge in [-0.05, 0) is 24.6 Å². The number of aromatic nitrogens is 1. The van der Waals surface area contributed by atoms with E-state index in [2.05, 4.69) is 4.98 Å². The van der Waals surface area contributed by atoms with E-state index >= 15 is 0 Å². The average molecular weight is 438 g/mol. The third-order valence-electron chi connectivity index (χ3n) is 5.69. The smallest absolute Gasteiger partial charge is 0.329 e. The molecular formula is C24H23FN2O5. The van der Waals surface area contributed by atoms with Crippen molar-refractivity contribution in [3.63, 3.8) is 0 Å². The van der Waals surface area contributed by atoms with Crippen LogP contribution in [0.5, 0.6) is 0 Å². The Balaban J connectivity index is 1.43. The highest BCUT2D eigenvalue weighted by atomic mass is 19.1. The number of aryl methyl sites for hydroxylation is 1. The molecule has 1 aromatic heterocycles. The number of benzene rings is 2. The number of aromatic amines is 1. The number of carbonyl (C=O) groups excluding carboxylic acids is 3. The quantitative estimate of drug-likeness (QED) is 0.455. The second kappa shape index (κ2) is 8.92. The summed E-state index contributed by atoms with van der Waals surface area (Å²) in [6, 6.07) is 12.2. The zero-order valence-electron chi connectivity index (χ0n) is 17.5. The Hall–Kier alpha value is -3.52. The maximum atomic E-state index is 13.9. The molecule has 0 saturated carbocycles. The van der Waals surface area contributed by atoms with Crippen LogP contribution in [0.3, 0.4) is 0 Å². The van der Waals surface area contributed by atoms with E-state index in [-0.39, 0.29) is 30.7 Å². The summed E-state index contributed by atoms with van der Waals surface area (Å²) in [5.74, 6) is -2.14. The minimum atomic E-state index is -1.03. The molecule has 0 bridgehead atoms. The van der Waals surface area contributed by atoms with Gasteiger partial charge in [0.05, 0.1) is 12.5 Å². The third-order valence-corrected chi connectivity index (χ3v) is 5.69. The van der Waals surface area contributed by atoms with Crippen molar-refractivity contribution < 1.29 is 28.6 Å². The van der Waals surface area contributed by atoms with Crippen molar-refractivity contribution in [1.82, 2.24) is 9.88 Å². The number of aliphatic hydroxyl groups is 1. The number of ketones is 1. The fraction of sp³-hybridized carbons (Fsp3) is 0.292. The Morgan fingerprint density at radius 1 is 1.16 bits per heavy atom. The van der Waals surface area contributed by atoms with E-state index in [1.165, 1.54) is 23.1 Å². The summed E-state index contributed by atoms with van der Waals surface area (Å²) in [5.41, 5.74) is 2.14. The van der Waals surface area contributed by atoms with Crippen molar-refractivity contribution in [1.29, 1.82) is 0 Å². The summed E-state index contributed by atoms with van der Waals surface area (Å²) < 4.78 is 19.1. The molecule has 2 heterocycles. The topological polar surface area (TPSA) is 99.7 Å². The first kappa shape index (κ1) is 21.7. The van der Waals surface area contributed by atoms with Gasteiger partial charge in [0.2, 0.25) is 11.7 Å². The van der Waals surface area contributed by atoms with Crippen LogP contribution < -0.4 is 0 Å². The molecule has 1 aliphatic heterocycles. The zero-order valence-corrected chi connectivity index (χ0v) is 17.5. The molecule has 2 aromatic carbocycles. The van der Waals surface area contributed by atoms with E-state index in [4.69, 9.17) is 4.74 Å². The van der Waals surface area contributed by atoms with E-state index in [1.54, 1.807) is 13.0 Å². The number of para-hydroxylation sites is 1. The third kappa shape index (κ3) is 4.27. The molecule has 32 heavy (non-hydrogen) atoms. The molecule has 1 amide bonds. The van der Waals surface area contributed by atoms with Gasteiger partial charge in [-0.3, -0.25) is 9.59 Å². The number of aliphatic hydroxyl groups excluding tert-OH is 1. The van der Waals surface area contributed by atoms with Crippen molar-refractivity contribution >= 4 is 28.6 Å². The number of H-pyrrole nitrogens is 1. The lowest BCUT2D eigenvalue weighted by atomic mass is 10.1. The predicted molar refractivity (Wildman–Crippen MR) is 115 cm³/mol. The standard InChI is InChI=1S/C24H23FN2O5/c1-14-23(17-7-3-5-9-19(17)26-14)21(29)13-32-24(31)20-11-16(28)12-27(20)22(30)10-15-6-2-4-8-18(15)25/h2-9,16,20,26,28H,10-13H2,1H3. The number of β-amino-alcohol motifs (C(OH)–C–C–N with tert-alkyl or cyclic N) is 1. The van der Waals surface area contributed by atoms with Gasteiger partial charge < -0.3 is 19.7 Å². The van der Waals surface area contributed by atoms with E-state index in [0.717, 1.165) is 10.9 Å². The number of nitrogens with one attached hydrogen (secondary N) is 1. The molecule has 0 radical (unpaired) electrons. The molecule has 2 atom stereocenters. The number of fused-ring (bicyclic) bond motifs is 1. The number of nitrogens with zero attached hydrogens (tertiary/aromatic N) is 1. The van der Waals surface area contributed by atoms with Crippen molar-refractivity contribution in [2.75, 3.05) is 13.2 Å². The maximum Gasteiger partial charge on any atom is 0.329 e. The second-order valence-corrected chi connectivity index (χ2v) is 7.92. The minimum absolute atomic E-state index is 0.00213. The molecule has 2 N–H and O–H groups in total. The fourth-order valence-electron chi connectivity index (χ4n) is 4.16. The summed E-state index contributed by atoms with van der Waals surface area (Å²) in [6.07, 6.45) is -1.14. The number of ether oxygens (including phenoxy) is 1. The van der Waals surface area contributed by atoms with Crippen LogP contribution in [0, 0.1) is 12.7 Å². The lowest BCUT2D eigenvalue weighted by molar-refractivity contribution is -0.152. The molecule has 3 aromatic rings. The minimum Gasteiger partial charge on any atom is -0.456 e. The first-order valence-electron chi connectivity index (χ1n) is 10.3. The van der Waals surface area contributed by atoms with Gasteiger partial charge in [-0.2, -0.15) is 0 Å². The Morgan fingerprint density at radius 3 is 2.66 bits per heavy atom. The molecule has 1 fully saturated rings. The molecule has 0 spiro atoms. The molecule has 7 nitrogen and oxygen atoms in total. The number of halogens is 1. The SMILES string of the molecule is Cc1[nH]c2ccccc2c1C(=O)COC(=O)C1CC(O)CN1C(=O)Cc1ccccc1F. The van der Waals surface area contributed by atoms with E-state index in [0.29, 0.717) is 11.3 Å². The summed E-state index contributed by atoms with van der Waals surface area (Å²) in [4.78, 5) is 42.5. The Morgan fingerprint density at radius 2 is 1.88 bits per heavy atom. The number of carbonyl (C=O) groups is 3. The Kier molecular flexibility index (Phi) is 6.05. The van der Waals surface area contributed by atoms with Crippen LogP contribution in [-0.2, 0) is 20.7 Å². The van der Waals surface area contributed by atoms with Gasteiger partial charge in [-0.1, -0.05) is 36.4 Å². The second-order valence-electron chi connectivity index (χ2n) is 7.92. The summed E-state index contributed by atoms with van der Waals surface area (Å²) in [6.45, 7) is 1.23. The number of hydrogen-bond acceptors (Lipinski definition) is 5. The lowest BCUT2D eigenvalue weighted by Gasteiger charge is -2.23. The first-order chi connectivity index (χ1) is 15.3. The lowest BCUT2D eigenvalue weighted by Crippen LogP contribution is -2.42. The number of amides is 1. The highest BCUT2D eigenvalue weighted by molar-refractivity contribution is 6.10. The van der Waals surface area contributed by atoms with E-state index in [9.17, 15) is 23.9 Å². The van der Waals surface area contributed by atoms with Gasteiger partial charge in [0.25, 0.3) is 0 Å². The van der Waals surface area contributed by atoms with Gasteiger partial charge in [0.1, 0.15) is 11.9 Å². The normalized spacial score (nSPS) is 18.2. The summed E-state index contributed by atoms with van der Waals surface area (Å²) in [7, 11) is 0. The monoisotopic (exact) mass is 438 g/mol. The van der Waals surface area contributed by atoms with Crippen molar-refractivity contribution in [2.45, 2.75) is 31.9 Å². The molecule has 4 rings (SSSR count). The Bertz CT molecular complexity index is 1190. The molecule has 0 aliphatic carbocycles. The molecule has 1 saturated heterocycles. The largest absolute Gasteiger partial charge is 0.456 e. The fourth-order valence-corrected chi connectivity index (χ4v) is 4.16. The summed E-state index contributed by atoms with van der Waals surface area (Å²) >= 11 is 0. The van der Waals surface area contributed by atoms with Crippen LogP contribution in [0.1, 0.15) is 28.0 Å². The van der Waals surface area contributed by atoms with Gasteiger partial charge >= 0.3 is 5.97 Å². The Labute approximate surface area is 183 Å². The van der Waals surface area contributed by atoms with Crippen LogP contribution in [0.2, 0.25) is 0 Å². The van der Waals surface area contributed by atoms with Crippen molar-refractivity contribution in [3.8, 4) is 0 Å². The van der Waals surface area contributed by atoms with Gasteiger partial charge in [-0.15, -0.1) is 0 Å². The van der Waals surface area contributed by atoms with E-state index < -0.39 is 36.4 Å². The molecule has 8 heteroatoms. The maximum absolute atomic E-state index is 13.9. The van der Waals surface area contributed by atoms with Gasteiger partial charge in [-0.25, -0.2) is 9.18 Å². The summed E-state index contributed by atoms with van der Waals surface area (Å²) in [5, 5.41) is 10.8. The van der Waals surface area contributed by atoms with Crippen LogP contribution in [0.25, 0.3) is 10.9 Å². The average Bonchev–Trinajstić information content (AvgIpc) is 3.32. The number of esters is 1. The van der Waals surface area contributed by atoms with Crippen LogP contribution >= 0.6 is 0 Å². The van der Waals surface area contributed by atoms with Crippen molar-refractivity contribution in [2.24, 2.45) is 0 Å². The van der Waals surface area contributed by atoms with Crippen molar-refractivity contribution in [3.05, 3.63) is 71.2 Å². The molecular weight excluding hydrogens is 415 g/mol. The first-order valence-corrected chi connectivity index (χ1v) is 10.3. The highest BCUT2D eigenvalue weighted by Gasteiger charge is 2.40. The van der Waals surface area contributed by atoms with Gasteiger partial charge in [0, 0.05) is 35.1 Å². The molecule has 2 unspecified atom stereocenters. The number of hydrogen-bond donors (Lipinski definition) is 2. The zero-order chi connectivity index (χ0) is 22.8.